The Hall–Kier alpha value is -0.670. The van der Waals surface area contributed by atoms with Gasteiger partial charge in [0.15, 0.2) is 0 Å². The Balaban J connectivity index is 0.00000154. The smallest absolute Gasteiger partial charge is 0.137 e. The zero-order valence-electron chi connectivity index (χ0n) is 12.7. The maximum Gasteiger partial charge on any atom is 0.137 e. The first-order valence-electron chi connectivity index (χ1n) is 7.00. The molecule has 0 saturated carbocycles. The van der Waals surface area contributed by atoms with Gasteiger partial charge in [0.2, 0.25) is 0 Å². The molecule has 108 valence electrons. The summed E-state index contributed by atoms with van der Waals surface area (Å²) in [6.07, 6.45) is 0.856. The molecule has 0 aliphatic rings. The summed E-state index contributed by atoms with van der Waals surface area (Å²) in [7, 11) is 0. The van der Waals surface area contributed by atoms with Crippen molar-refractivity contribution >= 4 is 21.7 Å². The summed E-state index contributed by atoms with van der Waals surface area (Å²) in [6, 6.07) is 8.48. The third-order valence-corrected chi connectivity index (χ3v) is 3.28. The van der Waals surface area contributed by atoms with Crippen LogP contribution in [0.5, 0.6) is 0 Å². The number of ketones is 1. The zero-order valence-corrected chi connectivity index (χ0v) is 14.3. The van der Waals surface area contributed by atoms with Crippen molar-refractivity contribution in [1.29, 1.82) is 0 Å². The fourth-order valence-electron chi connectivity index (χ4n) is 1.82. The van der Waals surface area contributed by atoms with Crippen molar-refractivity contribution < 1.29 is 4.79 Å². The van der Waals surface area contributed by atoms with Gasteiger partial charge in [-0.25, -0.2) is 0 Å². The second kappa shape index (κ2) is 10.2. The highest BCUT2D eigenvalue weighted by molar-refractivity contribution is 9.10. The van der Waals surface area contributed by atoms with Crippen LogP contribution < -0.4 is 5.32 Å². The first-order chi connectivity index (χ1) is 9.00. The molecule has 0 aromatic heterocycles. The molecular weight excluding hydrogens is 302 g/mol. The van der Waals surface area contributed by atoms with E-state index < -0.39 is 0 Å². The van der Waals surface area contributed by atoms with Crippen LogP contribution in [0.25, 0.3) is 0 Å². The summed E-state index contributed by atoms with van der Waals surface area (Å²) in [5.74, 6) is 0.243. The van der Waals surface area contributed by atoms with Crippen molar-refractivity contribution in [2.45, 2.75) is 53.0 Å². The second-order valence-electron chi connectivity index (χ2n) is 4.61. The molecule has 2 nitrogen and oxygen atoms in total. The molecule has 0 saturated heterocycles. The van der Waals surface area contributed by atoms with E-state index in [0.717, 1.165) is 23.0 Å². The molecule has 19 heavy (non-hydrogen) atoms. The Kier molecular flexibility index (Phi) is 9.80. The summed E-state index contributed by atoms with van der Waals surface area (Å²) in [6.45, 7) is 10.8. The molecule has 1 N–H and O–H groups in total. The standard InChI is InChI=1S/C14H20BrNO.C2H6/c1-10(2)16-9-8-14(11(3)17)12-4-6-13(15)7-5-12;1-2/h4-7,10,14,16H,8-9H2,1-3H3;1-2H3. The van der Waals surface area contributed by atoms with Crippen LogP contribution in [0.2, 0.25) is 0 Å². The van der Waals surface area contributed by atoms with E-state index in [4.69, 9.17) is 0 Å². The summed E-state index contributed by atoms with van der Waals surface area (Å²) in [4.78, 5) is 11.7. The number of rotatable bonds is 6. The first-order valence-corrected chi connectivity index (χ1v) is 7.79. The van der Waals surface area contributed by atoms with Crippen molar-refractivity contribution in [2.24, 2.45) is 0 Å². The van der Waals surface area contributed by atoms with Crippen molar-refractivity contribution in [3.63, 3.8) is 0 Å². The molecule has 0 radical (unpaired) electrons. The van der Waals surface area contributed by atoms with Crippen molar-refractivity contribution in [3.8, 4) is 0 Å². The van der Waals surface area contributed by atoms with E-state index in [0.29, 0.717) is 6.04 Å². The molecule has 0 bridgehead atoms. The van der Waals surface area contributed by atoms with E-state index in [1.807, 2.05) is 38.1 Å². The highest BCUT2D eigenvalue weighted by atomic mass is 79.9. The molecule has 0 fully saturated rings. The van der Waals surface area contributed by atoms with Gasteiger partial charge in [-0.1, -0.05) is 55.8 Å². The lowest BCUT2D eigenvalue weighted by molar-refractivity contribution is -0.118. The Morgan fingerprint density at radius 1 is 1.21 bits per heavy atom. The van der Waals surface area contributed by atoms with E-state index >= 15 is 0 Å². The van der Waals surface area contributed by atoms with Crippen LogP contribution in [0.1, 0.15) is 52.5 Å². The minimum atomic E-state index is 0.00866. The lowest BCUT2D eigenvalue weighted by Crippen LogP contribution is -2.26. The largest absolute Gasteiger partial charge is 0.314 e. The molecule has 0 aliphatic heterocycles. The molecule has 0 spiro atoms. The number of carbonyl (C=O) groups excluding carboxylic acids is 1. The maximum atomic E-state index is 11.7. The molecule has 0 aliphatic carbocycles. The Labute approximate surface area is 126 Å². The van der Waals surface area contributed by atoms with Crippen LogP contribution in [-0.2, 0) is 4.79 Å². The predicted octanol–water partition coefficient (Wildman–Crippen LogP) is 4.54. The van der Waals surface area contributed by atoms with Gasteiger partial charge < -0.3 is 5.32 Å². The van der Waals surface area contributed by atoms with Crippen LogP contribution in [-0.4, -0.2) is 18.4 Å². The summed E-state index contributed by atoms with van der Waals surface area (Å²) >= 11 is 3.41. The van der Waals surface area contributed by atoms with Crippen LogP contribution in [0, 0.1) is 0 Å². The third-order valence-electron chi connectivity index (χ3n) is 2.75. The zero-order chi connectivity index (χ0) is 14.8. The molecule has 1 aromatic rings. The van der Waals surface area contributed by atoms with Crippen molar-refractivity contribution in [2.75, 3.05) is 6.54 Å². The van der Waals surface area contributed by atoms with E-state index in [1.54, 1.807) is 6.92 Å². The molecular formula is C16H26BrNO. The Bertz CT molecular complexity index is 360. The highest BCUT2D eigenvalue weighted by Gasteiger charge is 2.16. The number of benzene rings is 1. The number of halogens is 1. The van der Waals surface area contributed by atoms with Crippen LogP contribution in [0.15, 0.2) is 28.7 Å². The number of nitrogens with one attached hydrogen (secondary N) is 1. The second-order valence-corrected chi connectivity index (χ2v) is 5.53. The monoisotopic (exact) mass is 327 g/mol. The lowest BCUT2D eigenvalue weighted by atomic mass is 9.92. The maximum absolute atomic E-state index is 11.7. The van der Waals surface area contributed by atoms with E-state index in [2.05, 4.69) is 35.1 Å². The highest BCUT2D eigenvalue weighted by Crippen LogP contribution is 2.22. The van der Waals surface area contributed by atoms with Gasteiger partial charge in [-0.15, -0.1) is 0 Å². The van der Waals surface area contributed by atoms with Crippen molar-refractivity contribution in [3.05, 3.63) is 34.3 Å². The van der Waals surface area contributed by atoms with Crippen LogP contribution >= 0.6 is 15.9 Å². The van der Waals surface area contributed by atoms with Gasteiger partial charge in [0.25, 0.3) is 0 Å². The van der Waals surface area contributed by atoms with Gasteiger partial charge in [0.1, 0.15) is 5.78 Å². The van der Waals surface area contributed by atoms with E-state index in [9.17, 15) is 4.79 Å². The average molecular weight is 328 g/mol. The molecule has 1 rings (SSSR count). The average Bonchev–Trinajstić information content (AvgIpc) is 2.38. The lowest BCUT2D eigenvalue weighted by Gasteiger charge is -2.16. The number of hydrogen-bond donors (Lipinski definition) is 1. The molecule has 1 unspecified atom stereocenters. The molecule has 0 heterocycles. The minimum absolute atomic E-state index is 0.00866. The van der Waals surface area contributed by atoms with Gasteiger partial charge in [-0.2, -0.15) is 0 Å². The molecule has 0 amide bonds. The SMILES string of the molecule is CC.CC(=O)C(CCNC(C)C)c1ccc(Br)cc1. The van der Waals surface area contributed by atoms with E-state index in [1.165, 1.54) is 0 Å². The van der Waals surface area contributed by atoms with Crippen molar-refractivity contribution in [1.82, 2.24) is 5.32 Å². The Morgan fingerprint density at radius 3 is 2.16 bits per heavy atom. The van der Waals surface area contributed by atoms with Gasteiger partial charge in [-0.3, -0.25) is 4.79 Å². The normalized spacial score (nSPS) is 11.7. The molecule has 3 heteroatoms. The summed E-state index contributed by atoms with van der Waals surface area (Å²) < 4.78 is 1.05. The number of hydrogen-bond acceptors (Lipinski definition) is 2. The summed E-state index contributed by atoms with van der Waals surface area (Å²) in [5.41, 5.74) is 1.10. The molecule has 1 atom stereocenters. The van der Waals surface area contributed by atoms with Gasteiger partial charge in [0, 0.05) is 16.4 Å². The first kappa shape index (κ1) is 18.3. The Morgan fingerprint density at radius 2 is 1.74 bits per heavy atom. The summed E-state index contributed by atoms with van der Waals surface area (Å²) in [5, 5.41) is 3.35. The fourth-order valence-corrected chi connectivity index (χ4v) is 2.08. The fraction of sp³-hybridized carbons (Fsp3) is 0.562. The number of Topliss-reactive ketones (excluding diaryl/α,β-unsaturated/α-hetero) is 1. The van der Waals surface area contributed by atoms with Gasteiger partial charge in [-0.05, 0) is 37.6 Å². The molecule has 1 aromatic carbocycles. The minimum Gasteiger partial charge on any atom is -0.314 e. The van der Waals surface area contributed by atoms with Gasteiger partial charge >= 0.3 is 0 Å². The number of carbonyl (C=O) groups is 1. The quantitative estimate of drug-likeness (QED) is 0.831. The van der Waals surface area contributed by atoms with E-state index in [-0.39, 0.29) is 11.7 Å². The van der Waals surface area contributed by atoms with Gasteiger partial charge in [0.05, 0.1) is 0 Å². The predicted molar refractivity (Wildman–Crippen MR) is 86.7 cm³/mol. The van der Waals surface area contributed by atoms with Crippen LogP contribution in [0.3, 0.4) is 0 Å². The van der Waals surface area contributed by atoms with Crippen LogP contribution in [0.4, 0.5) is 0 Å². The topological polar surface area (TPSA) is 29.1 Å². The third kappa shape index (κ3) is 7.48.